The van der Waals surface area contributed by atoms with Gasteiger partial charge in [0.1, 0.15) is 0 Å². The molecule has 1 aromatic heterocycles. The van der Waals surface area contributed by atoms with Gasteiger partial charge in [-0.2, -0.15) is 0 Å². The van der Waals surface area contributed by atoms with Crippen LogP contribution >= 0.6 is 0 Å². The van der Waals surface area contributed by atoms with Crippen molar-refractivity contribution in [2.45, 2.75) is 0 Å². The summed E-state index contributed by atoms with van der Waals surface area (Å²) < 4.78 is 0. The molecule has 0 amide bonds. The predicted molar refractivity (Wildman–Crippen MR) is 83.6 cm³/mol. The molecule has 7 heteroatoms. The van der Waals surface area contributed by atoms with Gasteiger partial charge in [0.15, 0.2) is 5.82 Å². The van der Waals surface area contributed by atoms with E-state index < -0.39 is 5.97 Å². The van der Waals surface area contributed by atoms with Crippen LogP contribution in [0.15, 0.2) is 60.7 Å². The van der Waals surface area contributed by atoms with E-state index in [1.807, 2.05) is 18.2 Å². The van der Waals surface area contributed by atoms with Crippen molar-refractivity contribution in [1.82, 2.24) is 10.2 Å². The molecule has 0 aliphatic rings. The summed E-state index contributed by atoms with van der Waals surface area (Å²) in [5, 5.41) is 32.1. The number of hydrogen-bond donors (Lipinski definition) is 2. The minimum absolute atomic E-state index is 0. The van der Waals surface area contributed by atoms with Crippen LogP contribution in [0.25, 0.3) is 11.3 Å². The second kappa shape index (κ2) is 7.92. The van der Waals surface area contributed by atoms with Crippen molar-refractivity contribution < 1.29 is 44.6 Å². The van der Waals surface area contributed by atoms with Crippen LogP contribution in [-0.2, 0) is 0 Å². The molecule has 0 atom stereocenters. The third kappa shape index (κ3) is 3.91. The summed E-state index contributed by atoms with van der Waals surface area (Å²) in [6, 6.07) is 16.7. The third-order valence-electron chi connectivity index (χ3n) is 3.23. The molecule has 0 unspecified atom stereocenters. The maximum Gasteiger partial charge on any atom is 1.00 e. The van der Waals surface area contributed by atoms with E-state index in [0.29, 0.717) is 11.3 Å². The van der Waals surface area contributed by atoms with Gasteiger partial charge in [-0.1, -0.05) is 48.2 Å². The number of carboxylic acids is 1. The van der Waals surface area contributed by atoms with Crippen LogP contribution < -0.4 is 40.0 Å². The molecule has 3 rings (SSSR count). The van der Waals surface area contributed by atoms with Crippen molar-refractivity contribution in [3.05, 3.63) is 66.2 Å². The van der Waals surface area contributed by atoms with Crippen molar-refractivity contribution in [2.75, 3.05) is 5.32 Å². The molecular formula is C17H12N3NaO3. The van der Waals surface area contributed by atoms with Crippen LogP contribution in [0.2, 0.25) is 0 Å². The molecule has 0 fully saturated rings. The van der Waals surface area contributed by atoms with Crippen molar-refractivity contribution in [3.63, 3.8) is 0 Å². The Labute approximate surface area is 160 Å². The molecule has 0 aliphatic heterocycles. The summed E-state index contributed by atoms with van der Waals surface area (Å²) in [4.78, 5) is 11.2. The quantitative estimate of drug-likeness (QED) is 0.636. The van der Waals surface area contributed by atoms with E-state index in [2.05, 4.69) is 15.5 Å². The van der Waals surface area contributed by atoms with E-state index in [4.69, 9.17) is 5.11 Å². The number of aromatic carboxylic acids is 1. The molecule has 24 heavy (non-hydrogen) atoms. The zero-order chi connectivity index (χ0) is 16.2. The number of carboxylic acid groups (broad SMARTS) is 1. The molecule has 114 valence electrons. The number of nitrogens with one attached hydrogen (secondary N) is 1. The Morgan fingerprint density at radius 1 is 1.00 bits per heavy atom. The fraction of sp³-hybridized carbons (Fsp3) is 0. The van der Waals surface area contributed by atoms with E-state index in [1.165, 1.54) is 12.1 Å². The summed E-state index contributed by atoms with van der Waals surface area (Å²) in [7, 11) is 0. The number of rotatable bonds is 4. The molecule has 6 nitrogen and oxygen atoms in total. The Morgan fingerprint density at radius 3 is 2.33 bits per heavy atom. The van der Waals surface area contributed by atoms with Crippen molar-refractivity contribution in [2.24, 2.45) is 0 Å². The normalized spacial score (nSPS) is 9.83. The first-order valence-electron chi connectivity index (χ1n) is 6.84. The fourth-order valence-electron chi connectivity index (χ4n) is 2.15. The van der Waals surface area contributed by atoms with Gasteiger partial charge in [0.25, 0.3) is 0 Å². The summed E-state index contributed by atoms with van der Waals surface area (Å²) in [5.74, 6) is -1.16. The summed E-state index contributed by atoms with van der Waals surface area (Å²) in [5.41, 5.74) is 1.38. The topological polar surface area (TPSA) is 98.2 Å². The van der Waals surface area contributed by atoms with Crippen LogP contribution in [0.4, 0.5) is 11.5 Å². The van der Waals surface area contributed by atoms with Gasteiger partial charge in [-0.15, -0.1) is 10.2 Å². The molecule has 3 aromatic rings. The number of para-hydroxylation sites is 1. The number of carbonyl (C=O) groups is 1. The third-order valence-corrected chi connectivity index (χ3v) is 3.23. The molecule has 2 aromatic carbocycles. The molecule has 0 saturated heterocycles. The Balaban J connectivity index is 0.00000208. The molecule has 1 heterocycles. The summed E-state index contributed by atoms with van der Waals surface area (Å²) in [6.07, 6.45) is 0. The number of nitrogens with zero attached hydrogens (tertiary/aromatic N) is 2. The summed E-state index contributed by atoms with van der Waals surface area (Å²) in [6.45, 7) is 0. The molecule has 2 N–H and O–H groups in total. The Bertz CT molecular complexity index is 857. The Morgan fingerprint density at radius 2 is 1.67 bits per heavy atom. The van der Waals surface area contributed by atoms with Gasteiger partial charge < -0.3 is 15.5 Å². The van der Waals surface area contributed by atoms with Gasteiger partial charge in [-0.3, -0.25) is 0 Å². The number of benzene rings is 2. The second-order valence-electron chi connectivity index (χ2n) is 4.78. The van der Waals surface area contributed by atoms with Gasteiger partial charge in [0.2, 0.25) is 0 Å². The van der Waals surface area contributed by atoms with Crippen LogP contribution in [0.1, 0.15) is 10.4 Å². The van der Waals surface area contributed by atoms with Crippen molar-refractivity contribution >= 4 is 17.5 Å². The Kier molecular flexibility index (Phi) is 5.92. The zero-order valence-corrected chi connectivity index (χ0v) is 14.9. The van der Waals surface area contributed by atoms with Gasteiger partial charge >= 0.3 is 35.5 Å². The monoisotopic (exact) mass is 329 g/mol. The first-order valence-corrected chi connectivity index (χ1v) is 6.84. The zero-order valence-electron chi connectivity index (χ0n) is 12.9. The van der Waals surface area contributed by atoms with Crippen molar-refractivity contribution in [1.29, 1.82) is 0 Å². The summed E-state index contributed by atoms with van der Waals surface area (Å²) >= 11 is 0. The predicted octanol–water partition coefficient (Wildman–Crippen LogP) is -0.337. The van der Waals surface area contributed by atoms with Crippen LogP contribution in [0.3, 0.4) is 0 Å². The Hall–Kier alpha value is -2.41. The van der Waals surface area contributed by atoms with E-state index in [-0.39, 0.29) is 52.4 Å². The van der Waals surface area contributed by atoms with Gasteiger partial charge in [0.05, 0.1) is 16.9 Å². The average Bonchev–Trinajstić information content (AvgIpc) is 2.56. The van der Waals surface area contributed by atoms with E-state index >= 15 is 0 Å². The number of hydrogen-bond acceptors (Lipinski definition) is 5. The molecular weight excluding hydrogens is 317 g/mol. The minimum atomic E-state index is -1.07. The standard InChI is InChI=1S/C17H13N3O3.Na/c21-14-10-15(18-13-9-5-4-8-12(13)17(22)23)19-20-16(14)11-6-2-1-3-7-11;/h1-10H,(H,22,23)(H2,18,19,21);/q;+1/p-1. The van der Waals surface area contributed by atoms with Crippen LogP contribution in [-0.4, -0.2) is 21.3 Å². The van der Waals surface area contributed by atoms with E-state index in [1.54, 1.807) is 30.3 Å². The van der Waals surface area contributed by atoms with Gasteiger partial charge in [-0.05, 0) is 18.2 Å². The first-order chi connectivity index (χ1) is 11.1. The maximum absolute atomic E-state index is 12.2. The SMILES string of the molecule is O=C(O)c1ccccc1Nc1cc([O-])c(-c2ccccc2)nn1.[Na+]. The fourth-order valence-corrected chi connectivity index (χ4v) is 2.15. The molecule has 0 bridgehead atoms. The smallest absolute Gasteiger partial charge is 0.871 e. The molecule has 0 radical (unpaired) electrons. The largest absolute Gasteiger partial charge is 1.00 e. The number of aromatic nitrogens is 2. The second-order valence-corrected chi connectivity index (χ2v) is 4.78. The number of anilines is 2. The van der Waals surface area contributed by atoms with Crippen LogP contribution in [0, 0.1) is 0 Å². The average molecular weight is 329 g/mol. The maximum atomic E-state index is 12.2. The first kappa shape index (κ1) is 17.9. The van der Waals surface area contributed by atoms with Crippen LogP contribution in [0.5, 0.6) is 5.75 Å². The van der Waals surface area contributed by atoms with Gasteiger partial charge in [-0.25, -0.2) is 4.79 Å². The van der Waals surface area contributed by atoms with Crippen molar-refractivity contribution in [3.8, 4) is 17.0 Å². The van der Waals surface area contributed by atoms with Gasteiger partial charge in [0, 0.05) is 5.56 Å². The molecule has 0 saturated carbocycles. The van der Waals surface area contributed by atoms with E-state index in [9.17, 15) is 9.90 Å². The molecule has 0 spiro atoms. The minimum Gasteiger partial charge on any atom is -0.871 e. The van der Waals surface area contributed by atoms with E-state index in [0.717, 1.165) is 0 Å². The molecule has 0 aliphatic carbocycles.